The minimum Gasteiger partial charge on any atom is -0.497 e. The van der Waals surface area contributed by atoms with Crippen LogP contribution in [0.25, 0.3) is 6.08 Å². The molecule has 1 atom stereocenters. The van der Waals surface area contributed by atoms with E-state index in [2.05, 4.69) is 10.9 Å². The zero-order chi connectivity index (χ0) is 21.7. The smallest absolute Gasteiger partial charge is 0.269 e. The Bertz CT molecular complexity index is 980. The van der Waals surface area contributed by atoms with Gasteiger partial charge < -0.3 is 14.4 Å². The molecule has 0 fully saturated rings. The van der Waals surface area contributed by atoms with Crippen LogP contribution in [-0.4, -0.2) is 36.8 Å². The maximum absolute atomic E-state index is 12.5. The number of hydrogen-bond acceptors (Lipinski definition) is 5. The Labute approximate surface area is 174 Å². The standard InChI is InChI=1S/C22H23N3O5/c1-14(26)25-9-8-15-6-4-5-7-19(15)20(25)13-21(27)23-24-22(28)16-10-17(29-2)12-18(11-16)30-3/h4-12,20H,13H2,1-3H3,(H,23,27)(H,24,28)/t20-/m0/s1. The van der Waals surface area contributed by atoms with E-state index in [1.807, 2.05) is 30.3 Å². The van der Waals surface area contributed by atoms with E-state index in [0.717, 1.165) is 11.1 Å². The first-order valence-corrected chi connectivity index (χ1v) is 9.31. The number of hydrazine groups is 1. The Morgan fingerprint density at radius 2 is 1.67 bits per heavy atom. The molecule has 2 N–H and O–H groups in total. The molecule has 30 heavy (non-hydrogen) atoms. The van der Waals surface area contributed by atoms with E-state index in [0.29, 0.717) is 11.5 Å². The molecule has 3 rings (SSSR count). The van der Waals surface area contributed by atoms with Gasteiger partial charge in [-0.15, -0.1) is 0 Å². The zero-order valence-electron chi connectivity index (χ0n) is 17.0. The van der Waals surface area contributed by atoms with Crippen LogP contribution >= 0.6 is 0 Å². The number of benzene rings is 2. The number of carbonyl (C=O) groups is 3. The summed E-state index contributed by atoms with van der Waals surface area (Å²) in [6.07, 6.45) is 3.50. The summed E-state index contributed by atoms with van der Waals surface area (Å²) in [7, 11) is 2.96. The van der Waals surface area contributed by atoms with Crippen molar-refractivity contribution < 1.29 is 23.9 Å². The van der Waals surface area contributed by atoms with Crippen molar-refractivity contribution in [3.63, 3.8) is 0 Å². The number of methoxy groups -OCH3 is 2. The second kappa shape index (κ2) is 9.13. The van der Waals surface area contributed by atoms with E-state index >= 15 is 0 Å². The number of ether oxygens (including phenoxy) is 2. The fraction of sp³-hybridized carbons (Fsp3) is 0.227. The molecule has 0 saturated heterocycles. The second-order valence-electron chi connectivity index (χ2n) is 6.69. The highest BCUT2D eigenvalue weighted by atomic mass is 16.5. The third-order valence-electron chi connectivity index (χ3n) is 4.78. The number of rotatable bonds is 5. The van der Waals surface area contributed by atoms with Crippen LogP contribution in [-0.2, 0) is 9.59 Å². The highest BCUT2D eigenvalue weighted by Gasteiger charge is 2.28. The normalized spacial score (nSPS) is 14.5. The molecular weight excluding hydrogens is 386 g/mol. The Kier molecular flexibility index (Phi) is 6.36. The van der Waals surface area contributed by atoms with Crippen molar-refractivity contribution in [2.75, 3.05) is 14.2 Å². The largest absolute Gasteiger partial charge is 0.497 e. The number of amides is 3. The van der Waals surface area contributed by atoms with Gasteiger partial charge in [-0.3, -0.25) is 25.2 Å². The van der Waals surface area contributed by atoms with E-state index in [-0.39, 0.29) is 17.9 Å². The Balaban J connectivity index is 1.68. The van der Waals surface area contributed by atoms with Crippen LogP contribution in [0.15, 0.2) is 48.7 Å². The average molecular weight is 409 g/mol. The lowest BCUT2D eigenvalue weighted by molar-refractivity contribution is -0.130. The number of nitrogens with zero attached hydrogens (tertiary/aromatic N) is 1. The summed E-state index contributed by atoms with van der Waals surface area (Å²) in [6, 6.07) is 11.8. The van der Waals surface area contributed by atoms with Gasteiger partial charge in [0.1, 0.15) is 11.5 Å². The molecule has 8 heteroatoms. The van der Waals surface area contributed by atoms with Crippen molar-refractivity contribution >= 4 is 23.8 Å². The van der Waals surface area contributed by atoms with Crippen molar-refractivity contribution in [2.45, 2.75) is 19.4 Å². The third kappa shape index (κ3) is 4.60. The van der Waals surface area contributed by atoms with Gasteiger partial charge >= 0.3 is 0 Å². The first-order chi connectivity index (χ1) is 14.4. The first-order valence-electron chi connectivity index (χ1n) is 9.31. The molecule has 8 nitrogen and oxygen atoms in total. The summed E-state index contributed by atoms with van der Waals surface area (Å²) in [6.45, 7) is 1.45. The van der Waals surface area contributed by atoms with Gasteiger partial charge in [-0.25, -0.2) is 0 Å². The maximum atomic E-state index is 12.5. The lowest BCUT2D eigenvalue weighted by Crippen LogP contribution is -2.43. The molecule has 156 valence electrons. The maximum Gasteiger partial charge on any atom is 0.269 e. The van der Waals surface area contributed by atoms with Crippen LogP contribution in [0.5, 0.6) is 11.5 Å². The zero-order valence-corrected chi connectivity index (χ0v) is 17.0. The highest BCUT2D eigenvalue weighted by Crippen LogP contribution is 2.32. The fourth-order valence-corrected chi connectivity index (χ4v) is 3.28. The van der Waals surface area contributed by atoms with Gasteiger partial charge in [0.05, 0.1) is 26.7 Å². The number of fused-ring (bicyclic) bond motifs is 1. The first kappa shape index (κ1) is 20.9. The molecule has 0 aromatic heterocycles. The van der Waals surface area contributed by atoms with E-state index in [1.165, 1.54) is 38.2 Å². The molecule has 0 unspecified atom stereocenters. The van der Waals surface area contributed by atoms with Crippen molar-refractivity contribution in [3.05, 3.63) is 65.4 Å². The molecule has 2 aromatic rings. The fourth-order valence-electron chi connectivity index (χ4n) is 3.28. The summed E-state index contributed by atoms with van der Waals surface area (Å²) in [5.41, 5.74) is 6.88. The molecule has 0 aliphatic carbocycles. The minimum atomic E-state index is -0.520. The lowest BCUT2D eigenvalue weighted by Gasteiger charge is -2.32. The van der Waals surface area contributed by atoms with Crippen LogP contribution in [0.3, 0.4) is 0 Å². The molecule has 0 bridgehead atoms. The van der Waals surface area contributed by atoms with Gasteiger partial charge in [-0.1, -0.05) is 24.3 Å². The van der Waals surface area contributed by atoms with Gasteiger partial charge in [-0.05, 0) is 29.3 Å². The molecule has 1 aliphatic rings. The quantitative estimate of drug-likeness (QED) is 0.740. The molecule has 0 saturated carbocycles. The van der Waals surface area contributed by atoms with Crippen molar-refractivity contribution in [1.82, 2.24) is 15.8 Å². The predicted molar refractivity (Wildman–Crippen MR) is 111 cm³/mol. The summed E-state index contributed by atoms with van der Waals surface area (Å²) in [5.74, 6) is -0.222. The Hall–Kier alpha value is -3.81. The molecule has 3 amide bonds. The third-order valence-corrected chi connectivity index (χ3v) is 4.78. The average Bonchev–Trinajstić information content (AvgIpc) is 2.76. The Morgan fingerprint density at radius 3 is 2.30 bits per heavy atom. The van der Waals surface area contributed by atoms with E-state index in [9.17, 15) is 14.4 Å². The second-order valence-corrected chi connectivity index (χ2v) is 6.69. The van der Waals surface area contributed by atoms with E-state index in [4.69, 9.17) is 9.47 Å². The van der Waals surface area contributed by atoms with Gasteiger partial charge in [0, 0.05) is 24.8 Å². The number of carbonyl (C=O) groups excluding carboxylic acids is 3. The van der Waals surface area contributed by atoms with Gasteiger partial charge in [0.25, 0.3) is 5.91 Å². The van der Waals surface area contributed by atoms with Gasteiger partial charge in [0.2, 0.25) is 11.8 Å². The van der Waals surface area contributed by atoms with Gasteiger partial charge in [0.15, 0.2) is 0 Å². The van der Waals surface area contributed by atoms with Crippen molar-refractivity contribution in [1.29, 1.82) is 0 Å². The van der Waals surface area contributed by atoms with E-state index < -0.39 is 17.9 Å². The summed E-state index contributed by atoms with van der Waals surface area (Å²) < 4.78 is 10.3. The summed E-state index contributed by atoms with van der Waals surface area (Å²) in [5, 5.41) is 0. The van der Waals surface area contributed by atoms with Crippen LogP contribution in [0.4, 0.5) is 0 Å². The van der Waals surface area contributed by atoms with Crippen LogP contribution < -0.4 is 20.3 Å². The molecule has 0 spiro atoms. The van der Waals surface area contributed by atoms with Crippen LogP contribution in [0, 0.1) is 0 Å². The summed E-state index contributed by atoms with van der Waals surface area (Å²) in [4.78, 5) is 38.5. The number of nitrogens with one attached hydrogen (secondary N) is 2. The predicted octanol–water partition coefficient (Wildman–Crippen LogP) is 2.43. The lowest BCUT2D eigenvalue weighted by atomic mass is 9.93. The van der Waals surface area contributed by atoms with Crippen molar-refractivity contribution in [2.24, 2.45) is 0 Å². The highest BCUT2D eigenvalue weighted by molar-refractivity contribution is 5.96. The minimum absolute atomic E-state index is 0.0113. The van der Waals surface area contributed by atoms with E-state index in [1.54, 1.807) is 12.3 Å². The molecular formula is C22H23N3O5. The molecule has 1 aliphatic heterocycles. The Morgan fingerprint density at radius 1 is 1.00 bits per heavy atom. The SMILES string of the molecule is COc1cc(OC)cc(C(=O)NNC(=O)C[C@H]2c3ccccc3C=CN2C(C)=O)c1. The van der Waals surface area contributed by atoms with Gasteiger partial charge in [-0.2, -0.15) is 0 Å². The van der Waals surface area contributed by atoms with Crippen LogP contribution in [0.1, 0.15) is 40.9 Å². The number of hydrogen-bond donors (Lipinski definition) is 2. The molecule has 2 aromatic carbocycles. The molecule has 1 heterocycles. The monoisotopic (exact) mass is 409 g/mol. The molecule has 0 radical (unpaired) electrons. The van der Waals surface area contributed by atoms with Crippen LogP contribution in [0.2, 0.25) is 0 Å². The van der Waals surface area contributed by atoms with Crippen molar-refractivity contribution in [3.8, 4) is 11.5 Å². The summed E-state index contributed by atoms with van der Waals surface area (Å²) >= 11 is 0. The topological polar surface area (TPSA) is 97.0 Å².